The number of aromatic nitrogens is 8. The fraction of sp³-hybridized carbons (Fsp3) is 0.448. The average Bonchev–Trinajstić information content (AvgIpc) is 3.55. The molecule has 0 atom stereocenters. The number of alkyl halides is 5. The molecule has 0 saturated heterocycles. The summed E-state index contributed by atoms with van der Waals surface area (Å²) in [6, 6.07) is 0.484. The molecule has 0 aliphatic heterocycles. The second-order valence-corrected chi connectivity index (χ2v) is 11.5. The number of amides is 1. The van der Waals surface area contributed by atoms with Crippen LogP contribution in [0, 0.1) is 0 Å². The smallest absolute Gasteiger partial charge is 0.420 e. The van der Waals surface area contributed by atoms with Crippen molar-refractivity contribution in [2.24, 2.45) is 0 Å². The number of anilines is 2. The van der Waals surface area contributed by atoms with Crippen LogP contribution < -0.4 is 15.0 Å². The number of halogens is 5. The van der Waals surface area contributed by atoms with Crippen LogP contribution in [0.2, 0.25) is 0 Å². The van der Waals surface area contributed by atoms with E-state index in [0.717, 1.165) is 12.3 Å². The summed E-state index contributed by atoms with van der Waals surface area (Å²) in [7, 11) is 1.44. The first-order valence-electron chi connectivity index (χ1n) is 14.6. The zero-order chi connectivity index (χ0) is 34.6. The number of methoxy groups -OCH3 is 1. The van der Waals surface area contributed by atoms with Crippen molar-refractivity contribution in [1.29, 1.82) is 0 Å². The molecule has 0 aromatic carbocycles. The van der Waals surface area contributed by atoms with Gasteiger partial charge in [-0.15, -0.1) is 0 Å². The summed E-state index contributed by atoms with van der Waals surface area (Å²) in [5, 5.41) is 16.7. The number of hydrogen-bond donors (Lipinski definition) is 2. The Kier molecular flexibility index (Phi) is 9.97. The van der Waals surface area contributed by atoms with Gasteiger partial charge < -0.3 is 19.9 Å². The summed E-state index contributed by atoms with van der Waals surface area (Å²) in [5.41, 5.74) is -2.53. The Morgan fingerprint density at radius 1 is 1.02 bits per heavy atom. The maximum absolute atomic E-state index is 13.7. The van der Waals surface area contributed by atoms with Gasteiger partial charge in [0.05, 0.1) is 30.8 Å². The summed E-state index contributed by atoms with van der Waals surface area (Å²) in [6.07, 6.45) is 3.43. The maximum atomic E-state index is 13.7. The van der Waals surface area contributed by atoms with Crippen molar-refractivity contribution in [3.8, 4) is 28.7 Å². The molecule has 14 nitrogen and oxygen atoms in total. The largest absolute Gasteiger partial charge is 0.467 e. The monoisotopic (exact) mass is 678 g/mol. The molecular formula is C29H31F5N10O4. The van der Waals surface area contributed by atoms with E-state index >= 15 is 0 Å². The molecule has 0 unspecified atom stereocenters. The Morgan fingerprint density at radius 2 is 1.73 bits per heavy atom. The second-order valence-electron chi connectivity index (χ2n) is 11.5. The summed E-state index contributed by atoms with van der Waals surface area (Å²) in [4.78, 5) is 39.4. The van der Waals surface area contributed by atoms with Gasteiger partial charge in [0.1, 0.15) is 23.6 Å². The highest BCUT2D eigenvalue weighted by molar-refractivity contribution is 5.87. The lowest BCUT2D eigenvalue weighted by atomic mass is 9.90. The fourth-order valence-corrected chi connectivity index (χ4v) is 4.97. The van der Waals surface area contributed by atoms with E-state index in [9.17, 15) is 31.9 Å². The fourth-order valence-electron chi connectivity index (χ4n) is 4.97. The molecule has 0 radical (unpaired) electrons. The van der Waals surface area contributed by atoms with Gasteiger partial charge in [0.15, 0.2) is 5.82 Å². The minimum Gasteiger partial charge on any atom is -0.467 e. The van der Waals surface area contributed by atoms with Crippen LogP contribution in [-0.2, 0) is 10.9 Å². The lowest BCUT2D eigenvalue weighted by molar-refractivity contribution is -0.137. The first-order chi connectivity index (χ1) is 22.7. The van der Waals surface area contributed by atoms with Crippen LogP contribution in [0.5, 0.6) is 6.01 Å². The third-order valence-corrected chi connectivity index (χ3v) is 7.28. The summed E-state index contributed by atoms with van der Waals surface area (Å²) in [6.45, 7) is -0.336. The summed E-state index contributed by atoms with van der Waals surface area (Å²) < 4.78 is 77.8. The van der Waals surface area contributed by atoms with Crippen molar-refractivity contribution >= 4 is 17.9 Å². The van der Waals surface area contributed by atoms with Gasteiger partial charge in [-0.1, -0.05) is 0 Å². The van der Waals surface area contributed by atoms with E-state index in [-0.39, 0.29) is 40.8 Å². The highest BCUT2D eigenvalue weighted by Crippen LogP contribution is 2.36. The molecule has 1 saturated carbocycles. The van der Waals surface area contributed by atoms with Crippen LogP contribution >= 0.6 is 0 Å². The standard InChI is InChI=1S/C29H31F5N10O4/c1-28(2,46)15-48-27(45)44(22-14-35-21(13-36-22)16-10-38-26(47-3)39-11-16)18-6-4-17(5-7-18)40-25-37-12-19(29(32,33)34)23(41-25)20-8-9-43(42-20)24(30)31/h8-14,17-18,24,46H,4-7,15H2,1-3H3,(H,37,40,41)/t17-,18-. The number of hydrogen-bond acceptors (Lipinski definition) is 12. The van der Waals surface area contributed by atoms with E-state index in [2.05, 4.69) is 40.3 Å². The van der Waals surface area contributed by atoms with E-state index in [1.54, 1.807) is 0 Å². The van der Waals surface area contributed by atoms with Gasteiger partial charge in [0, 0.05) is 42.4 Å². The molecule has 2 N–H and O–H groups in total. The quantitative estimate of drug-likeness (QED) is 0.212. The number of carbonyl (C=O) groups excluding carboxylic acids is 1. The second kappa shape index (κ2) is 14.0. The highest BCUT2D eigenvalue weighted by atomic mass is 19.4. The Hall–Kier alpha value is -5.07. The molecule has 1 aliphatic rings. The number of nitrogens with zero attached hydrogens (tertiary/aromatic N) is 9. The summed E-state index contributed by atoms with van der Waals surface area (Å²) in [5.74, 6) is 0.0581. The molecule has 0 spiro atoms. The number of aliphatic hydroxyl groups is 1. The minimum atomic E-state index is -4.85. The number of rotatable bonds is 10. The Bertz CT molecular complexity index is 1690. The SMILES string of the molecule is COc1ncc(-c2cnc(N(C(=O)OCC(C)(C)O)[C@H]3CC[C@H](Nc4ncc(C(F)(F)F)c(-c5ccn(C(F)F)n5)n4)CC3)cn2)cn1. The Labute approximate surface area is 270 Å². The van der Waals surface area contributed by atoms with Crippen LogP contribution in [0.25, 0.3) is 22.6 Å². The van der Waals surface area contributed by atoms with Gasteiger partial charge in [-0.05, 0) is 45.6 Å². The number of ether oxygens (including phenoxy) is 2. The molecule has 4 heterocycles. The highest BCUT2D eigenvalue weighted by Gasteiger charge is 2.37. The molecule has 1 aliphatic carbocycles. The molecule has 256 valence electrons. The molecule has 5 rings (SSSR count). The minimum absolute atomic E-state index is 0.140. The molecule has 19 heteroatoms. The molecule has 1 amide bonds. The van der Waals surface area contributed by atoms with E-state index < -0.39 is 41.7 Å². The van der Waals surface area contributed by atoms with Crippen LogP contribution in [0.3, 0.4) is 0 Å². The van der Waals surface area contributed by atoms with Crippen molar-refractivity contribution in [3.05, 3.63) is 48.8 Å². The number of nitrogens with one attached hydrogen (secondary N) is 1. The Morgan fingerprint density at radius 3 is 2.29 bits per heavy atom. The van der Waals surface area contributed by atoms with Crippen molar-refractivity contribution in [2.75, 3.05) is 23.9 Å². The van der Waals surface area contributed by atoms with Gasteiger partial charge >= 0.3 is 24.8 Å². The molecular weight excluding hydrogens is 647 g/mol. The Balaban J connectivity index is 1.32. The zero-order valence-corrected chi connectivity index (χ0v) is 25.9. The first-order valence-corrected chi connectivity index (χ1v) is 14.6. The third-order valence-electron chi connectivity index (χ3n) is 7.28. The average molecular weight is 679 g/mol. The van der Waals surface area contributed by atoms with Crippen molar-refractivity contribution < 1.29 is 41.3 Å². The molecule has 0 bridgehead atoms. The van der Waals surface area contributed by atoms with Crippen LogP contribution in [0.15, 0.2) is 43.2 Å². The molecule has 4 aromatic rings. The molecule has 48 heavy (non-hydrogen) atoms. The van der Waals surface area contributed by atoms with E-state index in [1.165, 1.54) is 50.6 Å². The van der Waals surface area contributed by atoms with E-state index in [1.807, 2.05) is 0 Å². The predicted molar refractivity (Wildman–Crippen MR) is 159 cm³/mol. The van der Waals surface area contributed by atoms with Crippen LogP contribution in [-0.4, -0.2) is 82.3 Å². The normalized spacial score (nSPS) is 16.9. The predicted octanol–water partition coefficient (Wildman–Crippen LogP) is 5.15. The van der Waals surface area contributed by atoms with Crippen molar-refractivity contribution in [1.82, 2.24) is 39.7 Å². The first kappa shape index (κ1) is 34.3. The molecule has 4 aromatic heterocycles. The van der Waals surface area contributed by atoms with Gasteiger partial charge in [-0.3, -0.25) is 9.88 Å². The van der Waals surface area contributed by atoms with E-state index in [0.29, 0.717) is 43.1 Å². The van der Waals surface area contributed by atoms with Gasteiger partial charge in [-0.25, -0.2) is 34.4 Å². The van der Waals surface area contributed by atoms with E-state index in [4.69, 9.17) is 9.47 Å². The maximum Gasteiger partial charge on any atom is 0.420 e. The summed E-state index contributed by atoms with van der Waals surface area (Å²) >= 11 is 0. The van der Waals surface area contributed by atoms with Gasteiger partial charge in [0.25, 0.3) is 0 Å². The zero-order valence-electron chi connectivity index (χ0n) is 25.9. The molecule has 1 fully saturated rings. The lowest BCUT2D eigenvalue weighted by Crippen LogP contribution is -2.46. The number of carbonyl (C=O) groups is 1. The van der Waals surface area contributed by atoms with Crippen LogP contribution in [0.1, 0.15) is 51.6 Å². The topological polar surface area (TPSA) is 166 Å². The third kappa shape index (κ3) is 8.25. The van der Waals surface area contributed by atoms with Gasteiger partial charge in [0.2, 0.25) is 5.95 Å². The van der Waals surface area contributed by atoms with Crippen molar-refractivity contribution in [3.63, 3.8) is 0 Å². The lowest BCUT2D eigenvalue weighted by Gasteiger charge is -2.36. The van der Waals surface area contributed by atoms with Crippen molar-refractivity contribution in [2.45, 2.75) is 69.9 Å². The van der Waals surface area contributed by atoms with Gasteiger partial charge in [-0.2, -0.15) is 27.1 Å². The van der Waals surface area contributed by atoms with Crippen LogP contribution in [0.4, 0.5) is 38.5 Å².